The molecule has 0 unspecified atom stereocenters. The lowest BCUT2D eigenvalue weighted by molar-refractivity contribution is 0.216. The Kier molecular flexibility index (Phi) is 5.40. The quantitative estimate of drug-likeness (QED) is 0.582. The van der Waals surface area contributed by atoms with Gasteiger partial charge in [0.2, 0.25) is 5.88 Å². The minimum atomic E-state index is 0.114. The first-order valence-corrected chi connectivity index (χ1v) is 9.79. The van der Waals surface area contributed by atoms with Crippen LogP contribution in [0.15, 0.2) is 60.8 Å². The molecular formula is C23H23ClN2O2. The first-order chi connectivity index (χ1) is 13.6. The SMILES string of the molecule is COc1cc(-c2ccccc2Cl)ccc1N1CC[C@@H](Oc2ccc(C)cn2)C1. The summed E-state index contributed by atoms with van der Waals surface area (Å²) >= 11 is 6.35. The molecular weight excluding hydrogens is 372 g/mol. The van der Waals surface area contributed by atoms with Crippen LogP contribution < -0.4 is 14.4 Å². The molecule has 0 saturated carbocycles. The smallest absolute Gasteiger partial charge is 0.213 e. The Labute approximate surface area is 170 Å². The van der Waals surface area contributed by atoms with Gasteiger partial charge in [0.25, 0.3) is 0 Å². The second-order valence-electron chi connectivity index (χ2n) is 7.01. The average Bonchev–Trinajstić information content (AvgIpc) is 3.18. The normalized spacial score (nSPS) is 16.2. The van der Waals surface area contributed by atoms with E-state index in [9.17, 15) is 0 Å². The van der Waals surface area contributed by atoms with Crippen molar-refractivity contribution in [3.05, 3.63) is 71.4 Å². The maximum atomic E-state index is 6.35. The third kappa shape index (κ3) is 3.92. The summed E-state index contributed by atoms with van der Waals surface area (Å²) in [7, 11) is 1.70. The highest BCUT2D eigenvalue weighted by molar-refractivity contribution is 6.33. The van der Waals surface area contributed by atoms with Gasteiger partial charge in [-0.05, 0) is 36.2 Å². The molecule has 28 heavy (non-hydrogen) atoms. The van der Waals surface area contributed by atoms with E-state index in [1.165, 1.54) is 0 Å². The molecule has 1 aliphatic heterocycles. The number of nitrogens with zero attached hydrogens (tertiary/aromatic N) is 2. The van der Waals surface area contributed by atoms with Gasteiger partial charge in [0.15, 0.2) is 0 Å². The Balaban J connectivity index is 1.51. The monoisotopic (exact) mass is 394 g/mol. The van der Waals surface area contributed by atoms with E-state index in [1.807, 2.05) is 55.6 Å². The fourth-order valence-electron chi connectivity index (χ4n) is 3.54. The molecule has 0 spiro atoms. The predicted molar refractivity (Wildman–Crippen MR) is 114 cm³/mol. The van der Waals surface area contributed by atoms with E-state index in [1.54, 1.807) is 7.11 Å². The number of halogens is 1. The van der Waals surface area contributed by atoms with E-state index in [-0.39, 0.29) is 6.10 Å². The maximum absolute atomic E-state index is 6.35. The van der Waals surface area contributed by atoms with Crippen LogP contribution >= 0.6 is 11.6 Å². The van der Waals surface area contributed by atoms with Crippen molar-refractivity contribution in [2.75, 3.05) is 25.1 Å². The minimum Gasteiger partial charge on any atom is -0.495 e. The summed E-state index contributed by atoms with van der Waals surface area (Å²) in [6.45, 7) is 3.74. The molecule has 4 rings (SSSR count). The Morgan fingerprint density at radius 3 is 2.71 bits per heavy atom. The number of hydrogen-bond acceptors (Lipinski definition) is 4. The fourth-order valence-corrected chi connectivity index (χ4v) is 3.78. The number of ether oxygens (including phenoxy) is 2. The van der Waals surface area contributed by atoms with Gasteiger partial charge in [-0.25, -0.2) is 4.98 Å². The molecule has 2 heterocycles. The standard InChI is InChI=1S/C23H23ClN2O2/c1-16-7-10-23(25-14-16)28-18-11-12-26(15-18)21-9-8-17(13-22(21)27-2)19-5-3-4-6-20(19)24/h3-10,13-14,18H,11-12,15H2,1-2H3/t18-/m1/s1. The molecule has 1 atom stereocenters. The molecule has 4 nitrogen and oxygen atoms in total. The largest absolute Gasteiger partial charge is 0.495 e. The summed E-state index contributed by atoms with van der Waals surface area (Å²) in [6, 6.07) is 18.0. The molecule has 1 fully saturated rings. The Bertz CT molecular complexity index is 959. The van der Waals surface area contributed by atoms with Crippen LogP contribution in [0.3, 0.4) is 0 Å². The highest BCUT2D eigenvalue weighted by Crippen LogP contribution is 2.37. The summed E-state index contributed by atoms with van der Waals surface area (Å²) < 4.78 is 11.7. The van der Waals surface area contributed by atoms with Gasteiger partial charge in [0, 0.05) is 35.8 Å². The van der Waals surface area contributed by atoms with E-state index in [2.05, 4.69) is 22.0 Å². The number of hydrogen-bond donors (Lipinski definition) is 0. The molecule has 2 aromatic carbocycles. The Morgan fingerprint density at radius 2 is 1.96 bits per heavy atom. The zero-order valence-electron chi connectivity index (χ0n) is 16.1. The Hall–Kier alpha value is -2.72. The van der Waals surface area contributed by atoms with Gasteiger partial charge in [0.05, 0.1) is 19.3 Å². The maximum Gasteiger partial charge on any atom is 0.213 e. The minimum absolute atomic E-state index is 0.114. The van der Waals surface area contributed by atoms with Gasteiger partial charge in [0.1, 0.15) is 11.9 Å². The number of rotatable bonds is 5. The second kappa shape index (κ2) is 8.11. The zero-order chi connectivity index (χ0) is 19.5. The average molecular weight is 395 g/mol. The molecule has 5 heteroatoms. The molecule has 0 aliphatic carbocycles. The van der Waals surface area contributed by atoms with E-state index < -0.39 is 0 Å². The summed E-state index contributed by atoms with van der Waals surface area (Å²) in [5, 5.41) is 0.734. The van der Waals surface area contributed by atoms with E-state index in [0.717, 1.165) is 52.7 Å². The summed E-state index contributed by atoms with van der Waals surface area (Å²) in [5.74, 6) is 1.52. The van der Waals surface area contributed by atoms with Crippen molar-refractivity contribution in [3.63, 3.8) is 0 Å². The third-order valence-corrected chi connectivity index (χ3v) is 5.35. The topological polar surface area (TPSA) is 34.6 Å². The number of methoxy groups -OCH3 is 1. The summed E-state index contributed by atoms with van der Waals surface area (Å²) in [4.78, 5) is 6.65. The first-order valence-electron chi connectivity index (χ1n) is 9.41. The van der Waals surface area contributed by atoms with Crippen molar-refractivity contribution in [1.29, 1.82) is 0 Å². The van der Waals surface area contributed by atoms with Crippen LogP contribution in [0, 0.1) is 6.92 Å². The van der Waals surface area contributed by atoms with Gasteiger partial charge < -0.3 is 14.4 Å². The fraction of sp³-hybridized carbons (Fsp3) is 0.261. The van der Waals surface area contributed by atoms with Crippen LogP contribution in [-0.4, -0.2) is 31.3 Å². The molecule has 1 saturated heterocycles. The molecule has 1 aromatic heterocycles. The molecule has 0 radical (unpaired) electrons. The van der Waals surface area contributed by atoms with Crippen LogP contribution in [0.2, 0.25) is 5.02 Å². The number of aromatic nitrogens is 1. The number of pyridine rings is 1. The van der Waals surface area contributed by atoms with E-state index in [0.29, 0.717) is 5.88 Å². The summed E-state index contributed by atoms with van der Waals surface area (Å²) in [6.07, 6.45) is 2.90. The predicted octanol–water partition coefficient (Wildman–Crippen LogP) is 5.38. The molecule has 0 amide bonds. The van der Waals surface area contributed by atoms with Crippen molar-refractivity contribution in [1.82, 2.24) is 4.98 Å². The van der Waals surface area contributed by atoms with Crippen molar-refractivity contribution in [2.24, 2.45) is 0 Å². The molecule has 0 bridgehead atoms. The lowest BCUT2D eigenvalue weighted by atomic mass is 10.0. The first kappa shape index (κ1) is 18.6. The molecule has 144 valence electrons. The van der Waals surface area contributed by atoms with Gasteiger partial charge >= 0.3 is 0 Å². The van der Waals surface area contributed by atoms with Gasteiger partial charge in [-0.2, -0.15) is 0 Å². The van der Waals surface area contributed by atoms with Crippen molar-refractivity contribution in [2.45, 2.75) is 19.4 Å². The van der Waals surface area contributed by atoms with Crippen LogP contribution in [0.5, 0.6) is 11.6 Å². The van der Waals surface area contributed by atoms with Crippen molar-refractivity contribution < 1.29 is 9.47 Å². The highest BCUT2D eigenvalue weighted by atomic mass is 35.5. The zero-order valence-corrected chi connectivity index (χ0v) is 16.8. The molecule has 1 aliphatic rings. The number of benzene rings is 2. The number of anilines is 1. The van der Waals surface area contributed by atoms with Crippen molar-refractivity contribution in [3.8, 4) is 22.8 Å². The third-order valence-electron chi connectivity index (χ3n) is 5.02. The lowest BCUT2D eigenvalue weighted by Crippen LogP contribution is -2.25. The second-order valence-corrected chi connectivity index (χ2v) is 7.42. The van der Waals surface area contributed by atoms with E-state index >= 15 is 0 Å². The van der Waals surface area contributed by atoms with E-state index in [4.69, 9.17) is 21.1 Å². The van der Waals surface area contributed by atoms with Crippen LogP contribution in [0.25, 0.3) is 11.1 Å². The van der Waals surface area contributed by atoms with Gasteiger partial charge in [-0.1, -0.05) is 41.9 Å². The summed E-state index contributed by atoms with van der Waals surface area (Å²) in [5.41, 5.74) is 4.24. The van der Waals surface area contributed by atoms with Crippen LogP contribution in [0.4, 0.5) is 5.69 Å². The lowest BCUT2D eigenvalue weighted by Gasteiger charge is -2.22. The number of aryl methyl sites for hydroxylation is 1. The van der Waals surface area contributed by atoms with Crippen LogP contribution in [-0.2, 0) is 0 Å². The van der Waals surface area contributed by atoms with Gasteiger partial charge in [-0.3, -0.25) is 0 Å². The highest BCUT2D eigenvalue weighted by Gasteiger charge is 2.26. The molecule has 0 N–H and O–H groups in total. The van der Waals surface area contributed by atoms with Gasteiger partial charge in [-0.15, -0.1) is 0 Å². The van der Waals surface area contributed by atoms with Crippen molar-refractivity contribution >= 4 is 17.3 Å². The Morgan fingerprint density at radius 1 is 1.11 bits per heavy atom. The molecule has 3 aromatic rings. The van der Waals surface area contributed by atoms with Crippen LogP contribution in [0.1, 0.15) is 12.0 Å².